The van der Waals surface area contributed by atoms with Crippen molar-refractivity contribution in [2.45, 2.75) is 58.4 Å². The van der Waals surface area contributed by atoms with Gasteiger partial charge in [-0.1, -0.05) is 30.3 Å². The molecule has 202 valence electrons. The molecule has 2 N–H and O–H groups in total. The number of hydrogen-bond acceptors (Lipinski definition) is 8. The SMILES string of the molecule is Cc1nc(N2C[C@@H]3C[C@H]2CN3C(=O)OC(C)(C)C)cc(-n2nc(N)c3ccc(OCc4ccccc4)cc32)n1. The third-order valence-corrected chi connectivity index (χ3v) is 7.12. The van der Waals surface area contributed by atoms with Crippen molar-refractivity contribution in [1.29, 1.82) is 0 Å². The van der Waals surface area contributed by atoms with Crippen molar-refractivity contribution < 1.29 is 14.3 Å². The molecule has 2 atom stereocenters. The van der Waals surface area contributed by atoms with Crippen LogP contribution in [0.25, 0.3) is 16.7 Å². The van der Waals surface area contributed by atoms with Gasteiger partial charge >= 0.3 is 6.09 Å². The van der Waals surface area contributed by atoms with Gasteiger partial charge in [0.05, 0.1) is 17.6 Å². The molecule has 2 bridgehead atoms. The number of carbonyl (C=O) groups is 1. The van der Waals surface area contributed by atoms with Gasteiger partial charge in [-0.05, 0) is 51.8 Å². The van der Waals surface area contributed by atoms with Crippen LogP contribution in [0.1, 0.15) is 38.6 Å². The number of benzene rings is 2. The molecular weight excluding hydrogens is 494 g/mol. The molecule has 0 radical (unpaired) electrons. The maximum atomic E-state index is 12.7. The van der Waals surface area contributed by atoms with Crippen LogP contribution in [0.4, 0.5) is 16.4 Å². The first kappa shape index (κ1) is 25.0. The van der Waals surface area contributed by atoms with E-state index in [1.54, 1.807) is 4.68 Å². The molecule has 0 aliphatic carbocycles. The molecule has 4 heterocycles. The Hall–Kier alpha value is -4.34. The lowest BCUT2D eigenvalue weighted by atomic mass is 10.2. The molecule has 10 nitrogen and oxygen atoms in total. The summed E-state index contributed by atoms with van der Waals surface area (Å²) in [4.78, 5) is 26.2. The largest absolute Gasteiger partial charge is 0.489 e. The van der Waals surface area contributed by atoms with E-state index >= 15 is 0 Å². The molecule has 39 heavy (non-hydrogen) atoms. The first-order valence-corrected chi connectivity index (χ1v) is 13.2. The predicted octanol–water partition coefficient (Wildman–Crippen LogP) is 4.48. The van der Waals surface area contributed by atoms with Crippen LogP contribution in [-0.2, 0) is 11.3 Å². The summed E-state index contributed by atoms with van der Waals surface area (Å²) in [6.45, 7) is 9.31. The number of carbonyl (C=O) groups excluding carboxylic acids is 1. The van der Waals surface area contributed by atoms with Crippen molar-refractivity contribution in [1.82, 2.24) is 24.6 Å². The van der Waals surface area contributed by atoms with E-state index in [0.29, 0.717) is 37.2 Å². The van der Waals surface area contributed by atoms with Gasteiger partial charge in [0.2, 0.25) is 0 Å². The van der Waals surface area contributed by atoms with Crippen LogP contribution in [0.3, 0.4) is 0 Å². The van der Waals surface area contributed by atoms with Crippen molar-refractivity contribution in [2.75, 3.05) is 23.7 Å². The van der Waals surface area contributed by atoms with Crippen LogP contribution >= 0.6 is 0 Å². The molecule has 2 aromatic carbocycles. The van der Waals surface area contributed by atoms with Crippen LogP contribution in [0.2, 0.25) is 0 Å². The van der Waals surface area contributed by atoms with E-state index in [2.05, 4.69) is 15.0 Å². The highest BCUT2D eigenvalue weighted by atomic mass is 16.6. The predicted molar refractivity (Wildman–Crippen MR) is 149 cm³/mol. The molecule has 2 aliphatic rings. The summed E-state index contributed by atoms with van der Waals surface area (Å²) in [6.07, 6.45) is 0.634. The zero-order valence-corrected chi connectivity index (χ0v) is 22.7. The minimum absolute atomic E-state index is 0.0917. The first-order valence-electron chi connectivity index (χ1n) is 13.2. The second-order valence-corrected chi connectivity index (χ2v) is 11.2. The molecule has 4 aromatic rings. The second-order valence-electron chi connectivity index (χ2n) is 11.2. The zero-order valence-electron chi connectivity index (χ0n) is 22.7. The topological polar surface area (TPSA) is 112 Å². The third-order valence-electron chi connectivity index (χ3n) is 7.12. The minimum Gasteiger partial charge on any atom is -0.489 e. The standard InChI is InChI=1S/C29H33N7O3/c1-18-31-25(34-15-21-12-20(34)16-35(21)28(37)39-29(2,3)4)14-26(32-18)36-24-13-22(10-11-23(24)27(30)33-36)38-17-19-8-6-5-7-9-19/h5-11,13-14,20-21H,12,15-17H2,1-4H3,(H2,30,33)/t20-,21-/m0/s1. The number of aromatic nitrogens is 4. The Morgan fingerprint density at radius 1 is 1.03 bits per heavy atom. The molecule has 10 heteroatoms. The molecule has 0 spiro atoms. The summed E-state index contributed by atoms with van der Waals surface area (Å²) >= 11 is 0. The number of amides is 1. The number of fused-ring (bicyclic) bond motifs is 3. The zero-order chi connectivity index (χ0) is 27.3. The van der Waals surface area contributed by atoms with E-state index in [9.17, 15) is 4.79 Å². The van der Waals surface area contributed by atoms with Gasteiger partial charge in [0.1, 0.15) is 29.6 Å². The van der Waals surface area contributed by atoms with Crippen LogP contribution in [0, 0.1) is 6.92 Å². The van der Waals surface area contributed by atoms with E-state index in [4.69, 9.17) is 20.2 Å². The Morgan fingerprint density at radius 3 is 2.51 bits per heavy atom. The van der Waals surface area contributed by atoms with Crippen molar-refractivity contribution >= 4 is 28.6 Å². The van der Waals surface area contributed by atoms with E-state index in [1.807, 2.05) is 87.2 Å². The average molecular weight is 528 g/mol. The fourth-order valence-corrected chi connectivity index (χ4v) is 5.41. The molecule has 2 fully saturated rings. The molecule has 2 aliphatic heterocycles. The molecule has 2 saturated heterocycles. The number of hydrogen-bond donors (Lipinski definition) is 1. The van der Waals surface area contributed by atoms with E-state index in [0.717, 1.165) is 34.5 Å². The fourth-order valence-electron chi connectivity index (χ4n) is 5.41. The van der Waals surface area contributed by atoms with Crippen LogP contribution in [0.5, 0.6) is 5.75 Å². The average Bonchev–Trinajstić information content (AvgIpc) is 3.60. The fraction of sp³-hybridized carbons (Fsp3) is 0.379. The van der Waals surface area contributed by atoms with Gasteiger partial charge in [-0.15, -0.1) is 5.10 Å². The highest BCUT2D eigenvalue weighted by molar-refractivity contribution is 5.91. The van der Waals surface area contributed by atoms with E-state index in [-0.39, 0.29) is 18.2 Å². The van der Waals surface area contributed by atoms with Crippen molar-refractivity contribution in [2.24, 2.45) is 0 Å². The summed E-state index contributed by atoms with van der Waals surface area (Å²) in [7, 11) is 0. The van der Waals surface area contributed by atoms with Gasteiger partial charge in [0.15, 0.2) is 11.6 Å². The number of ether oxygens (including phenoxy) is 2. The van der Waals surface area contributed by atoms with Crippen LogP contribution < -0.4 is 15.4 Å². The second kappa shape index (κ2) is 9.44. The van der Waals surface area contributed by atoms with Gasteiger partial charge in [0.25, 0.3) is 0 Å². The third kappa shape index (κ3) is 4.94. The molecule has 2 aromatic heterocycles. The Labute approximate surface area is 227 Å². The molecule has 6 rings (SSSR count). The Balaban J connectivity index is 1.25. The Morgan fingerprint density at radius 2 is 1.79 bits per heavy atom. The minimum atomic E-state index is -0.516. The number of piperazine rings is 1. The maximum absolute atomic E-state index is 12.7. The first-order chi connectivity index (χ1) is 18.6. The number of nitrogen functional groups attached to an aromatic ring is 1. The maximum Gasteiger partial charge on any atom is 0.410 e. The van der Waals surface area contributed by atoms with Crippen LogP contribution in [-0.4, -0.2) is 61.5 Å². The van der Waals surface area contributed by atoms with Gasteiger partial charge in [0, 0.05) is 30.6 Å². The van der Waals surface area contributed by atoms with Gasteiger partial charge in [-0.2, -0.15) is 0 Å². The smallest absolute Gasteiger partial charge is 0.410 e. The summed E-state index contributed by atoms with van der Waals surface area (Å²) < 4.78 is 13.4. The summed E-state index contributed by atoms with van der Waals surface area (Å²) in [5.74, 6) is 3.22. The molecular formula is C29H33N7O3. The number of rotatable bonds is 5. The highest BCUT2D eigenvalue weighted by Gasteiger charge is 2.47. The number of aryl methyl sites for hydroxylation is 1. The quantitative estimate of drug-likeness (QED) is 0.404. The lowest BCUT2D eigenvalue weighted by molar-refractivity contribution is 0.0214. The molecule has 1 amide bonds. The van der Waals surface area contributed by atoms with Gasteiger partial charge in [-0.25, -0.2) is 19.4 Å². The Kier molecular flexibility index (Phi) is 6.05. The summed E-state index contributed by atoms with van der Waals surface area (Å²) in [5, 5.41) is 5.43. The number of nitrogens with two attached hydrogens (primary N) is 1. The monoisotopic (exact) mass is 527 g/mol. The normalized spacial score (nSPS) is 18.7. The van der Waals surface area contributed by atoms with Crippen molar-refractivity contribution in [3.05, 3.63) is 66.0 Å². The van der Waals surface area contributed by atoms with E-state index in [1.165, 1.54) is 0 Å². The highest BCUT2D eigenvalue weighted by Crippen LogP contribution is 2.36. The number of nitrogens with zero attached hydrogens (tertiary/aromatic N) is 6. The molecule has 0 saturated carbocycles. The van der Waals surface area contributed by atoms with Gasteiger partial charge < -0.3 is 25.0 Å². The lowest BCUT2D eigenvalue weighted by Crippen LogP contribution is -2.50. The number of likely N-dealkylation sites (tertiary alicyclic amines) is 1. The number of anilines is 2. The van der Waals surface area contributed by atoms with Crippen molar-refractivity contribution in [3.8, 4) is 11.6 Å². The van der Waals surface area contributed by atoms with E-state index < -0.39 is 5.60 Å². The van der Waals surface area contributed by atoms with Crippen molar-refractivity contribution in [3.63, 3.8) is 0 Å². The molecule has 0 unspecified atom stereocenters. The summed E-state index contributed by atoms with van der Waals surface area (Å²) in [5.41, 5.74) is 7.67. The van der Waals surface area contributed by atoms with Gasteiger partial charge in [-0.3, -0.25) is 0 Å². The summed E-state index contributed by atoms with van der Waals surface area (Å²) in [6, 6.07) is 18.0. The Bertz CT molecular complexity index is 1530. The van der Waals surface area contributed by atoms with Crippen LogP contribution in [0.15, 0.2) is 54.6 Å². The lowest BCUT2D eigenvalue weighted by Gasteiger charge is -2.35.